The number of nitrogens with one attached hydrogen (secondary N) is 2. The highest BCUT2D eigenvalue weighted by molar-refractivity contribution is 9.10. The lowest BCUT2D eigenvalue weighted by atomic mass is 9.95. The minimum Gasteiger partial charge on any atom is -0.481 e. The van der Waals surface area contributed by atoms with Crippen LogP contribution in [0.4, 0.5) is 0 Å². The highest BCUT2D eigenvalue weighted by Crippen LogP contribution is 2.23. The van der Waals surface area contributed by atoms with Crippen molar-refractivity contribution in [3.05, 3.63) is 34.3 Å². The Kier molecular flexibility index (Phi) is 6.78. The molecule has 1 aromatic rings. The summed E-state index contributed by atoms with van der Waals surface area (Å²) in [6.45, 7) is -0.172. The monoisotopic (exact) mass is 396 g/mol. The second-order valence-corrected chi connectivity index (χ2v) is 6.87. The molecule has 0 aliphatic heterocycles. The minimum absolute atomic E-state index is 0.172. The van der Waals surface area contributed by atoms with Crippen LogP contribution in [0.1, 0.15) is 42.5 Å². The summed E-state index contributed by atoms with van der Waals surface area (Å²) in [4.78, 5) is 35.4. The number of rotatable bonds is 5. The normalized spacial score (nSPS) is 20.7. The number of carboxylic acid groups (broad SMARTS) is 1. The van der Waals surface area contributed by atoms with Gasteiger partial charge in [0.15, 0.2) is 0 Å². The summed E-state index contributed by atoms with van der Waals surface area (Å²) in [5.74, 6) is -2.14. The molecular formula is C17H21BrN2O4. The number of halogens is 1. The standard InChI is InChI=1S/C17H21BrN2O4/c18-12-6-4-5-11(9-12)16(22)19-10-15(21)20-14-8-3-1-2-7-13(14)17(23)24/h4-6,9,13-14H,1-3,7-8,10H2,(H,19,22)(H,20,21)(H,23,24)/t13-,14+/m1/s1. The zero-order valence-electron chi connectivity index (χ0n) is 13.3. The van der Waals surface area contributed by atoms with Gasteiger partial charge in [0.05, 0.1) is 12.5 Å². The lowest BCUT2D eigenvalue weighted by molar-refractivity contribution is -0.143. The van der Waals surface area contributed by atoms with Gasteiger partial charge in [0.2, 0.25) is 5.91 Å². The molecule has 1 aliphatic carbocycles. The first-order chi connectivity index (χ1) is 11.5. The van der Waals surface area contributed by atoms with E-state index in [9.17, 15) is 19.5 Å². The average Bonchev–Trinajstić information content (AvgIpc) is 2.78. The van der Waals surface area contributed by atoms with Crippen LogP contribution in [0.3, 0.4) is 0 Å². The maximum Gasteiger partial charge on any atom is 0.308 e. The second kappa shape index (κ2) is 8.82. The molecule has 1 aliphatic rings. The third kappa shape index (κ3) is 5.33. The number of hydrogen-bond donors (Lipinski definition) is 3. The van der Waals surface area contributed by atoms with Gasteiger partial charge in [-0.05, 0) is 31.0 Å². The van der Waals surface area contributed by atoms with Crippen molar-refractivity contribution < 1.29 is 19.5 Å². The molecule has 2 atom stereocenters. The summed E-state index contributed by atoms with van der Waals surface area (Å²) >= 11 is 3.29. The molecule has 0 heterocycles. The molecule has 24 heavy (non-hydrogen) atoms. The highest BCUT2D eigenvalue weighted by atomic mass is 79.9. The predicted octanol–water partition coefficient (Wildman–Crippen LogP) is 2.33. The van der Waals surface area contributed by atoms with Crippen molar-refractivity contribution in [2.24, 2.45) is 5.92 Å². The van der Waals surface area contributed by atoms with Gasteiger partial charge in [-0.1, -0.05) is 41.3 Å². The zero-order chi connectivity index (χ0) is 17.5. The number of carboxylic acids is 1. The molecule has 3 N–H and O–H groups in total. The van der Waals surface area contributed by atoms with Crippen LogP contribution in [0.2, 0.25) is 0 Å². The van der Waals surface area contributed by atoms with Crippen LogP contribution >= 0.6 is 15.9 Å². The Morgan fingerprint density at radius 3 is 2.62 bits per heavy atom. The van der Waals surface area contributed by atoms with Crippen LogP contribution < -0.4 is 10.6 Å². The maximum atomic E-state index is 12.1. The number of amides is 2. The van der Waals surface area contributed by atoms with Crippen molar-refractivity contribution in [3.8, 4) is 0 Å². The van der Waals surface area contributed by atoms with E-state index in [0.29, 0.717) is 18.4 Å². The maximum absolute atomic E-state index is 12.1. The van der Waals surface area contributed by atoms with Gasteiger partial charge in [-0.3, -0.25) is 14.4 Å². The first-order valence-electron chi connectivity index (χ1n) is 8.03. The lowest BCUT2D eigenvalue weighted by Gasteiger charge is -2.23. The quantitative estimate of drug-likeness (QED) is 0.665. The molecule has 6 nitrogen and oxygen atoms in total. The van der Waals surface area contributed by atoms with Gasteiger partial charge >= 0.3 is 5.97 Å². The SMILES string of the molecule is O=C(CNC(=O)c1cccc(Br)c1)N[C@H]1CCCCC[C@H]1C(=O)O. The van der Waals surface area contributed by atoms with E-state index in [1.807, 2.05) is 6.07 Å². The molecule has 0 radical (unpaired) electrons. The molecule has 1 fully saturated rings. The summed E-state index contributed by atoms with van der Waals surface area (Å²) in [6.07, 6.45) is 3.98. The third-order valence-corrected chi connectivity index (χ3v) is 4.67. The first-order valence-corrected chi connectivity index (χ1v) is 8.82. The van der Waals surface area contributed by atoms with Crippen LogP contribution in [0, 0.1) is 5.92 Å². The smallest absolute Gasteiger partial charge is 0.308 e. The van der Waals surface area contributed by atoms with Gasteiger partial charge in [0.1, 0.15) is 0 Å². The van der Waals surface area contributed by atoms with Crippen molar-refractivity contribution in [2.45, 2.75) is 38.1 Å². The summed E-state index contributed by atoms with van der Waals surface area (Å²) in [6, 6.07) is 6.49. The van der Waals surface area contributed by atoms with Gasteiger partial charge < -0.3 is 15.7 Å². The van der Waals surface area contributed by atoms with Gasteiger partial charge in [0, 0.05) is 16.1 Å². The molecule has 0 saturated heterocycles. The largest absolute Gasteiger partial charge is 0.481 e. The molecule has 2 rings (SSSR count). The van der Waals surface area contributed by atoms with E-state index in [0.717, 1.165) is 23.7 Å². The summed E-state index contributed by atoms with van der Waals surface area (Å²) in [7, 11) is 0. The summed E-state index contributed by atoms with van der Waals surface area (Å²) in [5, 5.41) is 14.6. The minimum atomic E-state index is -0.875. The molecule has 7 heteroatoms. The average molecular weight is 397 g/mol. The Balaban J connectivity index is 1.87. The predicted molar refractivity (Wildman–Crippen MR) is 92.6 cm³/mol. The van der Waals surface area contributed by atoms with E-state index in [1.54, 1.807) is 18.2 Å². The van der Waals surface area contributed by atoms with Crippen molar-refractivity contribution in [3.63, 3.8) is 0 Å². The fourth-order valence-corrected chi connectivity index (χ4v) is 3.33. The van der Waals surface area contributed by atoms with E-state index >= 15 is 0 Å². The van der Waals surface area contributed by atoms with Crippen molar-refractivity contribution >= 4 is 33.7 Å². The van der Waals surface area contributed by atoms with Crippen molar-refractivity contribution in [1.82, 2.24) is 10.6 Å². The molecule has 2 amide bonds. The van der Waals surface area contributed by atoms with Crippen LogP contribution in [0.25, 0.3) is 0 Å². The lowest BCUT2D eigenvalue weighted by Crippen LogP contribution is -2.46. The zero-order valence-corrected chi connectivity index (χ0v) is 14.8. The Bertz CT molecular complexity index is 620. The molecular weight excluding hydrogens is 376 g/mol. The number of carbonyl (C=O) groups excluding carboxylic acids is 2. The van der Waals surface area contributed by atoms with Gasteiger partial charge in [-0.2, -0.15) is 0 Å². The molecule has 0 bridgehead atoms. The Morgan fingerprint density at radius 2 is 1.92 bits per heavy atom. The van der Waals surface area contributed by atoms with Gasteiger partial charge in [-0.25, -0.2) is 0 Å². The molecule has 1 aromatic carbocycles. The first kappa shape index (κ1) is 18.4. The Labute approximate surface area is 149 Å². The van der Waals surface area contributed by atoms with Gasteiger partial charge in [0.25, 0.3) is 5.91 Å². The summed E-state index contributed by atoms with van der Waals surface area (Å²) in [5.41, 5.74) is 0.454. The number of carbonyl (C=O) groups is 3. The van der Waals surface area contributed by atoms with Crippen LogP contribution in [-0.2, 0) is 9.59 Å². The summed E-state index contributed by atoms with van der Waals surface area (Å²) < 4.78 is 0.780. The van der Waals surface area contributed by atoms with E-state index in [-0.39, 0.29) is 24.4 Å². The van der Waals surface area contributed by atoms with Gasteiger partial charge in [-0.15, -0.1) is 0 Å². The third-order valence-electron chi connectivity index (χ3n) is 4.18. The molecule has 0 spiro atoms. The second-order valence-electron chi connectivity index (χ2n) is 5.95. The molecule has 0 aromatic heterocycles. The molecule has 1 saturated carbocycles. The van der Waals surface area contributed by atoms with E-state index < -0.39 is 11.9 Å². The topological polar surface area (TPSA) is 95.5 Å². The number of hydrogen-bond acceptors (Lipinski definition) is 3. The van der Waals surface area contributed by atoms with Crippen LogP contribution in [-0.4, -0.2) is 35.5 Å². The molecule has 0 unspecified atom stereocenters. The van der Waals surface area contributed by atoms with E-state index in [2.05, 4.69) is 26.6 Å². The van der Waals surface area contributed by atoms with Crippen molar-refractivity contribution in [1.29, 1.82) is 0 Å². The Hall–Kier alpha value is -1.89. The fourth-order valence-electron chi connectivity index (χ4n) is 2.93. The number of aliphatic carboxylic acids is 1. The van der Waals surface area contributed by atoms with E-state index in [1.165, 1.54) is 0 Å². The Morgan fingerprint density at radius 1 is 1.17 bits per heavy atom. The van der Waals surface area contributed by atoms with E-state index in [4.69, 9.17) is 0 Å². The fraction of sp³-hybridized carbons (Fsp3) is 0.471. The highest BCUT2D eigenvalue weighted by Gasteiger charge is 2.30. The molecule has 130 valence electrons. The number of benzene rings is 1. The van der Waals surface area contributed by atoms with Crippen molar-refractivity contribution in [2.75, 3.05) is 6.54 Å². The van der Waals surface area contributed by atoms with Crippen LogP contribution in [0.5, 0.6) is 0 Å². The van der Waals surface area contributed by atoms with Crippen LogP contribution in [0.15, 0.2) is 28.7 Å².